The van der Waals surface area contributed by atoms with E-state index < -0.39 is 0 Å². The third-order valence-electron chi connectivity index (χ3n) is 4.48. The van der Waals surface area contributed by atoms with Crippen molar-refractivity contribution in [2.75, 3.05) is 18.2 Å². The van der Waals surface area contributed by atoms with Crippen LogP contribution in [0.2, 0.25) is 0 Å². The first-order valence-corrected chi connectivity index (χ1v) is 8.96. The molecule has 3 aromatic rings. The van der Waals surface area contributed by atoms with Crippen LogP contribution in [0.4, 0.5) is 11.6 Å². The van der Waals surface area contributed by atoms with Crippen LogP contribution in [0.1, 0.15) is 17.0 Å². The van der Waals surface area contributed by atoms with E-state index >= 15 is 0 Å². The summed E-state index contributed by atoms with van der Waals surface area (Å²) < 4.78 is 2.06. The molecule has 1 aliphatic heterocycles. The summed E-state index contributed by atoms with van der Waals surface area (Å²) in [5.41, 5.74) is 15.2. The fourth-order valence-electron chi connectivity index (χ4n) is 3.03. The van der Waals surface area contributed by atoms with Gasteiger partial charge in [0.05, 0.1) is 24.0 Å². The van der Waals surface area contributed by atoms with Gasteiger partial charge in [0.25, 0.3) is 5.82 Å². The molecule has 0 atom stereocenters. The molecule has 0 bridgehead atoms. The summed E-state index contributed by atoms with van der Waals surface area (Å²) in [6.45, 7) is 3.12. The van der Waals surface area contributed by atoms with E-state index in [2.05, 4.69) is 37.2 Å². The molecule has 3 aromatic heterocycles. The number of aryl methyl sites for hydroxylation is 1. The van der Waals surface area contributed by atoms with Crippen LogP contribution in [0, 0.1) is 6.92 Å². The van der Waals surface area contributed by atoms with Crippen molar-refractivity contribution in [3.05, 3.63) is 53.9 Å². The van der Waals surface area contributed by atoms with Gasteiger partial charge in [0.15, 0.2) is 12.8 Å². The molecule has 0 amide bonds. The molecule has 10 heteroatoms. The summed E-state index contributed by atoms with van der Waals surface area (Å²) in [7, 11) is 0. The zero-order valence-corrected chi connectivity index (χ0v) is 15.5. The second kappa shape index (κ2) is 7.72. The average Bonchev–Trinajstić information content (AvgIpc) is 3.29. The lowest BCUT2D eigenvalue weighted by atomic mass is 10.2. The highest BCUT2D eigenvalue weighted by Gasteiger charge is 2.27. The Bertz CT molecular complexity index is 1060. The van der Waals surface area contributed by atoms with Crippen LogP contribution >= 0.6 is 0 Å². The molecule has 0 aliphatic carbocycles. The number of nitrogens with zero attached hydrogens (tertiary/aromatic N) is 5. The van der Waals surface area contributed by atoms with Gasteiger partial charge in [-0.05, 0) is 18.6 Å². The Labute approximate surface area is 161 Å². The van der Waals surface area contributed by atoms with Crippen LogP contribution in [0.15, 0.2) is 36.9 Å². The average molecular weight is 381 g/mol. The molecule has 0 aromatic carbocycles. The molecular weight excluding hydrogens is 358 g/mol. The minimum Gasteiger partial charge on any atom is -0.404 e. The Balaban J connectivity index is 1.59. The predicted octanol–water partition coefficient (Wildman–Crippen LogP) is -2.49. The third-order valence-corrected chi connectivity index (χ3v) is 4.48. The number of allylic oxidation sites excluding steroid dienone is 1. The number of nitrogens with two attached hydrogens (primary N) is 2. The van der Waals surface area contributed by atoms with E-state index in [1.54, 1.807) is 12.4 Å². The van der Waals surface area contributed by atoms with Crippen LogP contribution in [-0.2, 0) is 6.54 Å². The van der Waals surface area contributed by atoms with E-state index in [0.717, 1.165) is 28.5 Å². The highest BCUT2D eigenvalue weighted by atomic mass is 16.3. The summed E-state index contributed by atoms with van der Waals surface area (Å²) in [5, 5.41) is 10.8. The van der Waals surface area contributed by atoms with Gasteiger partial charge in [-0.25, -0.2) is 20.0 Å². The number of anilines is 1. The molecule has 1 aliphatic rings. The smallest absolute Gasteiger partial charge is 0.290 e. The van der Waals surface area contributed by atoms with Gasteiger partial charge in [-0.1, -0.05) is 11.6 Å². The quantitative estimate of drug-likeness (QED) is 0.235. The highest BCUT2D eigenvalue weighted by molar-refractivity contribution is 6.06. The number of fused-ring (bicyclic) bond motifs is 2. The van der Waals surface area contributed by atoms with Crippen molar-refractivity contribution < 1.29 is 15.5 Å². The number of aliphatic hydroxyl groups excluding tert-OH is 1. The molecule has 0 unspecified atom stereocenters. The minimum atomic E-state index is 0.0393. The van der Waals surface area contributed by atoms with E-state index in [9.17, 15) is 0 Å². The van der Waals surface area contributed by atoms with Crippen molar-refractivity contribution in [2.24, 2.45) is 5.73 Å². The lowest BCUT2D eigenvalue weighted by Gasteiger charge is -2.14. The molecule has 0 saturated heterocycles. The van der Waals surface area contributed by atoms with Crippen LogP contribution in [-0.4, -0.2) is 43.8 Å². The number of quaternary nitrogens is 1. The zero-order valence-electron chi connectivity index (χ0n) is 15.5. The van der Waals surface area contributed by atoms with Gasteiger partial charge >= 0.3 is 0 Å². The van der Waals surface area contributed by atoms with Gasteiger partial charge in [-0.2, -0.15) is 10.4 Å². The molecule has 28 heavy (non-hydrogen) atoms. The van der Waals surface area contributed by atoms with Crippen molar-refractivity contribution in [3.8, 4) is 0 Å². The van der Waals surface area contributed by atoms with Gasteiger partial charge in [0.1, 0.15) is 12.3 Å². The molecule has 4 rings (SSSR count). The first-order valence-electron chi connectivity index (χ1n) is 8.96. The van der Waals surface area contributed by atoms with Gasteiger partial charge in [0.2, 0.25) is 5.82 Å². The van der Waals surface area contributed by atoms with E-state index in [0.29, 0.717) is 24.4 Å². The van der Waals surface area contributed by atoms with E-state index in [-0.39, 0.29) is 6.61 Å². The number of hydrazine groups is 1. The Morgan fingerprint density at radius 3 is 3.07 bits per heavy atom. The number of aromatic nitrogens is 4. The summed E-state index contributed by atoms with van der Waals surface area (Å²) in [5.74, 6) is 1.50. The molecular formula is C18H23N9O+2. The SMILES string of the molecule is Cc1cnc2ccc(CN3N[NH2+]c4ncc(C(C=[NH+]CCO)=CN)nc43)cn12. The molecule has 4 heterocycles. The van der Waals surface area contributed by atoms with Crippen LogP contribution in [0.5, 0.6) is 0 Å². The molecule has 0 radical (unpaired) electrons. The molecule has 10 nitrogen and oxygen atoms in total. The highest BCUT2D eigenvalue weighted by Crippen LogP contribution is 2.22. The fourth-order valence-corrected chi connectivity index (χ4v) is 3.03. The molecule has 144 valence electrons. The summed E-state index contributed by atoms with van der Waals surface area (Å²) in [6, 6.07) is 4.05. The summed E-state index contributed by atoms with van der Waals surface area (Å²) >= 11 is 0. The summed E-state index contributed by atoms with van der Waals surface area (Å²) in [4.78, 5) is 16.5. The first kappa shape index (κ1) is 18.0. The Hall–Kier alpha value is -3.34. The predicted molar refractivity (Wildman–Crippen MR) is 104 cm³/mol. The normalized spacial score (nSPS) is 14.4. The van der Waals surface area contributed by atoms with Crippen molar-refractivity contribution >= 4 is 29.1 Å². The summed E-state index contributed by atoms with van der Waals surface area (Å²) in [6.07, 6.45) is 8.80. The van der Waals surface area contributed by atoms with Gasteiger partial charge < -0.3 is 15.2 Å². The second-order valence-corrected chi connectivity index (χ2v) is 6.43. The fraction of sp³-hybridized carbons (Fsp3) is 0.222. The monoisotopic (exact) mass is 381 g/mol. The number of rotatable bonds is 6. The standard InChI is InChI=1S/C18H21N9O/c1-12-7-21-16-3-2-13(10-26(12)16)11-27-18-17(24-25-27)22-9-15(23-18)14(6-19)8-20-4-5-28/h2-3,6-10,25,28H,4-5,11,19H2,1H3,(H,22,24)/p+2. The minimum absolute atomic E-state index is 0.0393. The maximum Gasteiger partial charge on any atom is 0.290 e. The Morgan fingerprint density at radius 1 is 1.36 bits per heavy atom. The molecule has 7 N–H and O–H groups in total. The number of hydrogen-bond donors (Lipinski definition) is 5. The Morgan fingerprint density at radius 2 is 2.25 bits per heavy atom. The molecule has 0 spiro atoms. The van der Waals surface area contributed by atoms with Crippen LogP contribution in [0.3, 0.4) is 0 Å². The first-order chi connectivity index (χ1) is 13.7. The number of pyridine rings is 1. The maximum atomic E-state index is 8.91. The van der Waals surface area contributed by atoms with Crippen LogP contribution in [0.25, 0.3) is 11.2 Å². The van der Waals surface area contributed by atoms with Crippen LogP contribution < -0.4 is 26.7 Å². The van der Waals surface area contributed by atoms with Crippen molar-refractivity contribution in [3.63, 3.8) is 0 Å². The number of aliphatic hydroxyl groups is 1. The maximum absolute atomic E-state index is 8.91. The van der Waals surface area contributed by atoms with Crippen molar-refractivity contribution in [2.45, 2.75) is 13.5 Å². The zero-order chi connectivity index (χ0) is 19.5. The van der Waals surface area contributed by atoms with E-state index in [1.165, 1.54) is 6.20 Å². The second-order valence-electron chi connectivity index (χ2n) is 6.43. The van der Waals surface area contributed by atoms with E-state index in [1.807, 2.05) is 29.6 Å². The van der Waals surface area contributed by atoms with E-state index in [4.69, 9.17) is 15.8 Å². The number of nitrogens with one attached hydrogen (secondary N) is 2. The van der Waals surface area contributed by atoms with Crippen molar-refractivity contribution in [1.29, 1.82) is 0 Å². The molecule has 0 fully saturated rings. The molecule has 0 saturated carbocycles. The lowest BCUT2D eigenvalue weighted by Crippen LogP contribution is -2.88. The van der Waals surface area contributed by atoms with Gasteiger partial charge in [-0.15, -0.1) is 0 Å². The largest absolute Gasteiger partial charge is 0.404 e. The number of imidazole rings is 1. The van der Waals surface area contributed by atoms with Crippen molar-refractivity contribution in [1.82, 2.24) is 24.9 Å². The number of hydrogen-bond acceptors (Lipinski definition) is 7. The Kier molecular flexibility index (Phi) is 4.98. The topological polar surface area (TPSA) is 135 Å². The third kappa shape index (κ3) is 3.43. The van der Waals surface area contributed by atoms with Gasteiger partial charge in [-0.3, -0.25) is 0 Å². The van der Waals surface area contributed by atoms with Gasteiger partial charge in [0, 0.05) is 24.3 Å². The lowest BCUT2D eigenvalue weighted by molar-refractivity contribution is -0.629.